The number of hydrogen-bond acceptors (Lipinski definition) is 3. The van der Waals surface area contributed by atoms with Gasteiger partial charge in [0.25, 0.3) is 0 Å². The standard InChI is InChI=1S/C23H26FNO3/c1-3-28-13-10-19-14-20(15-21(24)22(19)23(26)27)17-6-4-16(5-7-17)18-8-11-25(2)12-9-18/h4-7,10,13-15,18H,3,8-9,11-12H2,1-2H3,(H,26,27)/b13-10+. The van der Waals surface area contributed by atoms with Crippen molar-refractivity contribution >= 4 is 12.0 Å². The van der Waals surface area contributed by atoms with Gasteiger partial charge in [-0.05, 0) is 86.3 Å². The third-order valence-corrected chi connectivity index (χ3v) is 5.28. The van der Waals surface area contributed by atoms with Crippen molar-refractivity contribution in [3.05, 3.63) is 65.2 Å². The molecule has 2 aromatic rings. The molecular formula is C23H26FNO3. The van der Waals surface area contributed by atoms with E-state index in [0.717, 1.165) is 31.5 Å². The Labute approximate surface area is 165 Å². The highest BCUT2D eigenvalue weighted by atomic mass is 19.1. The van der Waals surface area contributed by atoms with Gasteiger partial charge in [-0.1, -0.05) is 24.3 Å². The number of carbonyl (C=O) groups is 1. The zero-order valence-electron chi connectivity index (χ0n) is 16.3. The number of aromatic carboxylic acids is 1. The lowest BCUT2D eigenvalue weighted by Crippen LogP contribution is -2.29. The number of piperidine rings is 1. The second-order valence-electron chi connectivity index (χ2n) is 7.19. The number of carboxylic acid groups (broad SMARTS) is 1. The predicted molar refractivity (Wildman–Crippen MR) is 109 cm³/mol. The van der Waals surface area contributed by atoms with Gasteiger partial charge in [0.1, 0.15) is 11.4 Å². The molecule has 1 aliphatic rings. The van der Waals surface area contributed by atoms with Gasteiger partial charge in [0.2, 0.25) is 0 Å². The van der Waals surface area contributed by atoms with Crippen LogP contribution in [0.3, 0.4) is 0 Å². The molecule has 148 valence electrons. The minimum Gasteiger partial charge on any atom is -0.501 e. The largest absolute Gasteiger partial charge is 0.501 e. The van der Waals surface area contributed by atoms with Crippen LogP contribution in [0.25, 0.3) is 17.2 Å². The van der Waals surface area contributed by atoms with Crippen LogP contribution in [0.1, 0.15) is 47.2 Å². The van der Waals surface area contributed by atoms with E-state index in [1.165, 1.54) is 24.0 Å². The van der Waals surface area contributed by atoms with Gasteiger partial charge in [0, 0.05) is 0 Å². The molecule has 28 heavy (non-hydrogen) atoms. The molecule has 3 rings (SSSR count). The molecule has 0 saturated carbocycles. The van der Waals surface area contributed by atoms with Crippen molar-refractivity contribution in [3.8, 4) is 11.1 Å². The molecule has 4 nitrogen and oxygen atoms in total. The van der Waals surface area contributed by atoms with Crippen LogP contribution in [0.15, 0.2) is 42.7 Å². The molecule has 1 aliphatic heterocycles. The van der Waals surface area contributed by atoms with E-state index in [-0.39, 0.29) is 11.1 Å². The summed E-state index contributed by atoms with van der Waals surface area (Å²) >= 11 is 0. The maximum absolute atomic E-state index is 14.5. The molecule has 0 aliphatic carbocycles. The summed E-state index contributed by atoms with van der Waals surface area (Å²) in [6, 6.07) is 11.1. The minimum atomic E-state index is -1.29. The van der Waals surface area contributed by atoms with Gasteiger partial charge in [-0.15, -0.1) is 0 Å². The van der Waals surface area contributed by atoms with Crippen molar-refractivity contribution < 1.29 is 19.0 Å². The number of ether oxygens (including phenoxy) is 1. The Morgan fingerprint density at radius 1 is 1.21 bits per heavy atom. The van der Waals surface area contributed by atoms with Crippen LogP contribution in [0.4, 0.5) is 4.39 Å². The fraction of sp³-hybridized carbons (Fsp3) is 0.348. The van der Waals surface area contributed by atoms with E-state index in [0.29, 0.717) is 18.1 Å². The number of benzene rings is 2. The first-order chi connectivity index (χ1) is 13.5. The van der Waals surface area contributed by atoms with Gasteiger partial charge in [-0.3, -0.25) is 0 Å². The van der Waals surface area contributed by atoms with Crippen LogP contribution in [-0.2, 0) is 4.74 Å². The van der Waals surface area contributed by atoms with Crippen LogP contribution in [0.2, 0.25) is 0 Å². The average Bonchev–Trinajstić information content (AvgIpc) is 2.68. The van der Waals surface area contributed by atoms with Gasteiger partial charge in [-0.2, -0.15) is 0 Å². The molecule has 2 aromatic carbocycles. The molecule has 0 spiro atoms. The van der Waals surface area contributed by atoms with Crippen LogP contribution in [-0.4, -0.2) is 42.7 Å². The predicted octanol–water partition coefficient (Wildman–Crippen LogP) is 5.01. The minimum absolute atomic E-state index is 0.287. The van der Waals surface area contributed by atoms with E-state index in [1.807, 2.05) is 19.1 Å². The van der Waals surface area contributed by atoms with Crippen molar-refractivity contribution in [1.82, 2.24) is 4.90 Å². The van der Waals surface area contributed by atoms with Gasteiger partial charge < -0.3 is 14.7 Å². The summed E-state index contributed by atoms with van der Waals surface area (Å²) in [5, 5.41) is 9.35. The molecule has 1 N–H and O–H groups in total. The summed E-state index contributed by atoms with van der Waals surface area (Å²) in [5.74, 6) is -1.49. The summed E-state index contributed by atoms with van der Waals surface area (Å²) in [4.78, 5) is 13.8. The summed E-state index contributed by atoms with van der Waals surface area (Å²) in [6.45, 7) is 4.48. The smallest absolute Gasteiger partial charge is 0.339 e. The molecule has 0 unspecified atom stereocenters. The Balaban J connectivity index is 1.89. The number of hydrogen-bond donors (Lipinski definition) is 1. The summed E-state index contributed by atoms with van der Waals surface area (Å²) < 4.78 is 19.7. The highest BCUT2D eigenvalue weighted by Gasteiger charge is 2.19. The zero-order valence-corrected chi connectivity index (χ0v) is 16.3. The number of rotatable bonds is 6. The zero-order chi connectivity index (χ0) is 20.1. The maximum atomic E-state index is 14.5. The van der Waals surface area contributed by atoms with Crippen LogP contribution < -0.4 is 0 Å². The van der Waals surface area contributed by atoms with Crippen LogP contribution in [0.5, 0.6) is 0 Å². The van der Waals surface area contributed by atoms with Crippen molar-refractivity contribution in [3.63, 3.8) is 0 Å². The fourth-order valence-corrected chi connectivity index (χ4v) is 3.66. The lowest BCUT2D eigenvalue weighted by molar-refractivity contribution is 0.0691. The van der Waals surface area contributed by atoms with Crippen molar-refractivity contribution in [2.75, 3.05) is 26.7 Å². The van der Waals surface area contributed by atoms with Gasteiger partial charge in [0.05, 0.1) is 12.9 Å². The van der Waals surface area contributed by atoms with Crippen molar-refractivity contribution in [1.29, 1.82) is 0 Å². The maximum Gasteiger partial charge on any atom is 0.339 e. The molecule has 0 aromatic heterocycles. The third-order valence-electron chi connectivity index (χ3n) is 5.28. The molecular weight excluding hydrogens is 357 g/mol. The molecule has 5 heteroatoms. The quantitative estimate of drug-likeness (QED) is 0.713. The molecule has 0 bridgehead atoms. The average molecular weight is 383 g/mol. The summed E-state index contributed by atoms with van der Waals surface area (Å²) in [7, 11) is 2.15. The summed E-state index contributed by atoms with van der Waals surface area (Å²) in [6.07, 6.45) is 5.18. The van der Waals surface area contributed by atoms with E-state index in [4.69, 9.17) is 4.74 Å². The van der Waals surface area contributed by atoms with E-state index in [1.54, 1.807) is 6.07 Å². The number of carboxylic acids is 1. The van der Waals surface area contributed by atoms with Gasteiger partial charge in [-0.25, -0.2) is 9.18 Å². The normalized spacial score (nSPS) is 15.8. The Bertz CT molecular complexity index is 853. The van der Waals surface area contributed by atoms with Crippen LogP contribution >= 0.6 is 0 Å². The second kappa shape index (κ2) is 9.02. The molecule has 0 amide bonds. The van der Waals surface area contributed by atoms with Crippen LogP contribution in [0, 0.1) is 5.82 Å². The summed E-state index contributed by atoms with van der Waals surface area (Å²) in [5.41, 5.74) is 2.75. The second-order valence-corrected chi connectivity index (χ2v) is 7.19. The van der Waals surface area contributed by atoms with E-state index in [2.05, 4.69) is 24.1 Å². The van der Waals surface area contributed by atoms with Crippen molar-refractivity contribution in [2.45, 2.75) is 25.7 Å². The molecule has 0 radical (unpaired) electrons. The Hall–Kier alpha value is -2.66. The van der Waals surface area contributed by atoms with Crippen molar-refractivity contribution in [2.24, 2.45) is 0 Å². The van der Waals surface area contributed by atoms with E-state index < -0.39 is 11.8 Å². The molecule has 1 saturated heterocycles. The lowest BCUT2D eigenvalue weighted by Gasteiger charge is -2.29. The van der Waals surface area contributed by atoms with Gasteiger partial charge in [0.15, 0.2) is 0 Å². The Morgan fingerprint density at radius 3 is 2.50 bits per heavy atom. The molecule has 1 heterocycles. The highest BCUT2D eigenvalue weighted by molar-refractivity contribution is 5.93. The Kier molecular flexibility index (Phi) is 6.47. The number of nitrogens with zero attached hydrogens (tertiary/aromatic N) is 1. The molecule has 1 fully saturated rings. The first kappa shape index (κ1) is 20.1. The lowest BCUT2D eigenvalue weighted by atomic mass is 9.88. The molecule has 0 atom stereocenters. The number of likely N-dealkylation sites (tertiary alicyclic amines) is 1. The van der Waals surface area contributed by atoms with Gasteiger partial charge >= 0.3 is 5.97 Å². The first-order valence-corrected chi connectivity index (χ1v) is 9.63. The topological polar surface area (TPSA) is 49.8 Å². The SMILES string of the molecule is CCO/C=C/c1cc(-c2ccc(C3CCN(C)CC3)cc2)cc(F)c1C(=O)O. The number of halogens is 1. The van der Waals surface area contributed by atoms with E-state index in [9.17, 15) is 14.3 Å². The third kappa shape index (κ3) is 4.60. The highest BCUT2D eigenvalue weighted by Crippen LogP contribution is 2.31. The van der Waals surface area contributed by atoms with E-state index >= 15 is 0 Å². The monoisotopic (exact) mass is 383 g/mol. The first-order valence-electron chi connectivity index (χ1n) is 9.63. The Morgan fingerprint density at radius 2 is 1.89 bits per heavy atom. The fourth-order valence-electron chi connectivity index (χ4n) is 3.66.